The zero-order valence-electron chi connectivity index (χ0n) is 15.2. The number of imide groups is 1. The minimum atomic E-state index is -0.775. The fraction of sp³-hybridized carbons (Fsp3) is 0.444. The Balaban J connectivity index is 1.41. The highest BCUT2D eigenvalue weighted by atomic mass is 16.5. The van der Waals surface area contributed by atoms with Crippen LogP contribution in [0.25, 0.3) is 0 Å². The summed E-state index contributed by atoms with van der Waals surface area (Å²) in [5.74, 6) is -1.52. The van der Waals surface area contributed by atoms with Gasteiger partial charge in [0.05, 0.1) is 0 Å². The number of likely N-dealkylation sites (N-methyl/N-ethyl adjacent to an activating group) is 1. The number of rotatable bonds is 5. The number of amides is 4. The van der Waals surface area contributed by atoms with Crippen LogP contribution in [0.1, 0.15) is 0 Å². The van der Waals surface area contributed by atoms with E-state index in [4.69, 9.17) is 4.74 Å². The number of nitrogens with zero attached hydrogens (tertiary/aromatic N) is 4. The van der Waals surface area contributed by atoms with Gasteiger partial charge < -0.3 is 19.4 Å². The first-order valence-corrected chi connectivity index (χ1v) is 8.74. The molecule has 0 saturated carbocycles. The molecular weight excluding hydrogens is 352 g/mol. The van der Waals surface area contributed by atoms with E-state index in [0.717, 1.165) is 10.6 Å². The van der Waals surface area contributed by atoms with Crippen LogP contribution >= 0.6 is 0 Å². The standard InChI is InChI=1S/C18H22N4O5/c1-19-11-15(23)22(18(19)26)12-17(25)27-13-16(24)21-9-7-20(8-10-21)14-5-3-2-4-6-14/h2-6H,7-13H2,1H3. The number of piperazine rings is 1. The van der Waals surface area contributed by atoms with Gasteiger partial charge in [0.1, 0.15) is 13.1 Å². The van der Waals surface area contributed by atoms with Gasteiger partial charge in [0.2, 0.25) is 0 Å². The van der Waals surface area contributed by atoms with E-state index in [1.54, 1.807) is 4.90 Å². The molecular formula is C18H22N4O5. The molecule has 0 N–H and O–H groups in total. The van der Waals surface area contributed by atoms with Crippen molar-refractivity contribution in [3.05, 3.63) is 30.3 Å². The van der Waals surface area contributed by atoms with Crippen molar-refractivity contribution in [2.24, 2.45) is 0 Å². The molecule has 2 aliphatic heterocycles. The molecule has 0 atom stereocenters. The van der Waals surface area contributed by atoms with Crippen molar-refractivity contribution in [3.8, 4) is 0 Å². The number of hydrogen-bond donors (Lipinski definition) is 0. The summed E-state index contributed by atoms with van der Waals surface area (Å²) in [6, 6.07) is 9.41. The molecule has 0 aromatic heterocycles. The Labute approximate surface area is 157 Å². The van der Waals surface area contributed by atoms with Crippen molar-refractivity contribution >= 4 is 29.5 Å². The van der Waals surface area contributed by atoms with Gasteiger partial charge in [0, 0.05) is 38.9 Å². The molecule has 0 unspecified atom stereocenters. The number of urea groups is 1. The van der Waals surface area contributed by atoms with Crippen LogP contribution in [0.15, 0.2) is 30.3 Å². The highest BCUT2D eigenvalue weighted by molar-refractivity contribution is 6.04. The normalized spacial score (nSPS) is 17.5. The summed E-state index contributed by atoms with van der Waals surface area (Å²) in [6.07, 6.45) is 0. The largest absolute Gasteiger partial charge is 0.454 e. The lowest BCUT2D eigenvalue weighted by molar-refractivity contribution is -0.153. The van der Waals surface area contributed by atoms with Gasteiger partial charge >= 0.3 is 12.0 Å². The first-order valence-electron chi connectivity index (χ1n) is 8.74. The number of esters is 1. The topological polar surface area (TPSA) is 90.5 Å². The Bertz CT molecular complexity index is 731. The maximum atomic E-state index is 12.2. The van der Waals surface area contributed by atoms with Crippen LogP contribution in [0.4, 0.5) is 10.5 Å². The van der Waals surface area contributed by atoms with Crippen molar-refractivity contribution in [1.29, 1.82) is 0 Å². The van der Waals surface area contributed by atoms with Crippen molar-refractivity contribution in [2.45, 2.75) is 0 Å². The van der Waals surface area contributed by atoms with Crippen LogP contribution < -0.4 is 4.90 Å². The molecule has 2 saturated heterocycles. The molecule has 2 heterocycles. The Morgan fingerprint density at radius 2 is 1.70 bits per heavy atom. The van der Waals surface area contributed by atoms with E-state index in [0.29, 0.717) is 26.2 Å². The summed E-state index contributed by atoms with van der Waals surface area (Å²) in [7, 11) is 1.48. The van der Waals surface area contributed by atoms with E-state index >= 15 is 0 Å². The summed E-state index contributed by atoms with van der Waals surface area (Å²) in [5.41, 5.74) is 1.11. The van der Waals surface area contributed by atoms with E-state index in [-0.39, 0.29) is 12.5 Å². The minimum absolute atomic E-state index is 0.0588. The molecule has 0 aliphatic carbocycles. The number of ether oxygens (including phenoxy) is 1. The Morgan fingerprint density at radius 1 is 1.04 bits per heavy atom. The van der Waals surface area contributed by atoms with Crippen LogP contribution in [0, 0.1) is 0 Å². The number of carbonyl (C=O) groups is 4. The number of carbonyl (C=O) groups excluding carboxylic acids is 4. The quantitative estimate of drug-likeness (QED) is 0.523. The second-order valence-corrected chi connectivity index (χ2v) is 6.48. The number of hydrogen-bond acceptors (Lipinski definition) is 6. The monoisotopic (exact) mass is 374 g/mol. The average Bonchev–Trinajstić information content (AvgIpc) is 2.93. The molecule has 9 heteroatoms. The molecule has 9 nitrogen and oxygen atoms in total. The van der Waals surface area contributed by atoms with Gasteiger partial charge in [-0.2, -0.15) is 0 Å². The molecule has 144 valence electrons. The van der Waals surface area contributed by atoms with E-state index < -0.39 is 31.1 Å². The second kappa shape index (κ2) is 8.07. The van der Waals surface area contributed by atoms with E-state index in [9.17, 15) is 19.2 Å². The van der Waals surface area contributed by atoms with Crippen LogP contribution in [0.5, 0.6) is 0 Å². The molecule has 3 rings (SSSR count). The predicted molar refractivity (Wildman–Crippen MR) is 95.9 cm³/mol. The summed E-state index contributed by atoms with van der Waals surface area (Å²) in [4.78, 5) is 53.3. The molecule has 27 heavy (non-hydrogen) atoms. The second-order valence-electron chi connectivity index (χ2n) is 6.48. The summed E-state index contributed by atoms with van der Waals surface area (Å²) in [5, 5.41) is 0. The fourth-order valence-corrected chi connectivity index (χ4v) is 3.09. The Kier molecular flexibility index (Phi) is 5.58. The average molecular weight is 374 g/mol. The lowest BCUT2D eigenvalue weighted by Gasteiger charge is -2.36. The van der Waals surface area contributed by atoms with Crippen molar-refractivity contribution in [2.75, 3.05) is 57.8 Å². The van der Waals surface area contributed by atoms with Crippen molar-refractivity contribution in [3.63, 3.8) is 0 Å². The van der Waals surface area contributed by atoms with Crippen LogP contribution in [0.2, 0.25) is 0 Å². The first-order chi connectivity index (χ1) is 13.0. The molecule has 2 fully saturated rings. The smallest absolute Gasteiger partial charge is 0.327 e. The third-order valence-electron chi connectivity index (χ3n) is 4.63. The fourth-order valence-electron chi connectivity index (χ4n) is 3.09. The Morgan fingerprint density at radius 3 is 2.30 bits per heavy atom. The molecule has 2 aliphatic rings. The zero-order valence-corrected chi connectivity index (χ0v) is 15.2. The summed E-state index contributed by atoms with van der Waals surface area (Å²) in [6.45, 7) is 1.56. The van der Waals surface area contributed by atoms with Gasteiger partial charge in [-0.3, -0.25) is 19.3 Å². The van der Waals surface area contributed by atoms with Crippen LogP contribution in [0.3, 0.4) is 0 Å². The SMILES string of the molecule is CN1CC(=O)N(CC(=O)OCC(=O)N2CCN(c3ccccc3)CC2)C1=O. The molecule has 1 aromatic carbocycles. The lowest BCUT2D eigenvalue weighted by Crippen LogP contribution is -2.50. The van der Waals surface area contributed by atoms with Crippen molar-refractivity contribution < 1.29 is 23.9 Å². The highest BCUT2D eigenvalue weighted by Crippen LogP contribution is 2.15. The van der Waals surface area contributed by atoms with Crippen LogP contribution in [-0.4, -0.2) is 91.4 Å². The first kappa shape index (κ1) is 18.7. The number of anilines is 1. The van der Waals surface area contributed by atoms with E-state index in [1.165, 1.54) is 11.9 Å². The Hall–Kier alpha value is -3.10. The minimum Gasteiger partial charge on any atom is -0.454 e. The van der Waals surface area contributed by atoms with Crippen molar-refractivity contribution in [1.82, 2.24) is 14.7 Å². The summed E-state index contributed by atoms with van der Waals surface area (Å²) < 4.78 is 4.95. The van der Waals surface area contributed by atoms with Gasteiger partial charge in [-0.25, -0.2) is 4.79 Å². The van der Waals surface area contributed by atoms with Gasteiger partial charge in [-0.1, -0.05) is 18.2 Å². The summed E-state index contributed by atoms with van der Waals surface area (Å²) >= 11 is 0. The van der Waals surface area contributed by atoms with Gasteiger partial charge in [0.25, 0.3) is 11.8 Å². The predicted octanol–water partition coefficient (Wildman–Crippen LogP) is -0.228. The third kappa shape index (κ3) is 4.36. The van der Waals surface area contributed by atoms with E-state index in [1.807, 2.05) is 30.3 Å². The maximum Gasteiger partial charge on any atom is 0.327 e. The lowest BCUT2D eigenvalue weighted by atomic mass is 10.2. The number of para-hydroxylation sites is 1. The van der Waals surface area contributed by atoms with Gasteiger partial charge in [-0.15, -0.1) is 0 Å². The van der Waals surface area contributed by atoms with E-state index in [2.05, 4.69) is 4.90 Å². The van der Waals surface area contributed by atoms with Gasteiger partial charge in [0.15, 0.2) is 6.61 Å². The molecule has 4 amide bonds. The third-order valence-corrected chi connectivity index (χ3v) is 4.63. The van der Waals surface area contributed by atoms with Gasteiger partial charge in [-0.05, 0) is 12.1 Å². The zero-order chi connectivity index (χ0) is 19.4. The number of benzene rings is 1. The molecule has 0 radical (unpaired) electrons. The maximum absolute atomic E-state index is 12.2. The molecule has 1 aromatic rings. The van der Waals surface area contributed by atoms with Crippen LogP contribution in [-0.2, 0) is 19.1 Å². The molecule has 0 spiro atoms. The molecule has 0 bridgehead atoms. The highest BCUT2D eigenvalue weighted by Gasteiger charge is 2.35.